The third-order valence-electron chi connectivity index (χ3n) is 3.08. The molecule has 1 fully saturated rings. The van der Waals surface area contributed by atoms with Gasteiger partial charge in [-0.15, -0.1) is 0 Å². The topological polar surface area (TPSA) is 71.8 Å². The summed E-state index contributed by atoms with van der Waals surface area (Å²) >= 11 is 0. The van der Waals surface area contributed by atoms with Crippen LogP contribution in [0.3, 0.4) is 0 Å². The monoisotopic (exact) mass is 294 g/mol. The van der Waals surface area contributed by atoms with E-state index in [1.54, 1.807) is 17.9 Å². The molecule has 0 bridgehead atoms. The second-order valence-corrected chi connectivity index (χ2v) is 6.38. The van der Waals surface area contributed by atoms with Gasteiger partial charge in [-0.2, -0.15) is 0 Å². The minimum atomic E-state index is -0.426. The second kappa shape index (κ2) is 5.79. The Labute approximate surface area is 124 Å². The van der Waals surface area contributed by atoms with Gasteiger partial charge in [0, 0.05) is 24.6 Å². The van der Waals surface area contributed by atoms with Crippen molar-refractivity contribution >= 4 is 6.03 Å². The third-order valence-corrected chi connectivity index (χ3v) is 3.08. The van der Waals surface area contributed by atoms with E-state index >= 15 is 0 Å². The van der Waals surface area contributed by atoms with E-state index in [1.165, 1.54) is 6.07 Å². The van der Waals surface area contributed by atoms with Crippen LogP contribution >= 0.6 is 0 Å². The van der Waals surface area contributed by atoms with Crippen LogP contribution in [-0.2, 0) is 0 Å². The number of aryl methyl sites for hydroxylation is 1. The predicted octanol–water partition coefficient (Wildman–Crippen LogP) is 1.91. The summed E-state index contributed by atoms with van der Waals surface area (Å²) in [5.74, 6) is 1.00. The van der Waals surface area contributed by atoms with Gasteiger partial charge in [-0.3, -0.25) is 0 Å². The standard InChI is InChI=1S/C15H22N2O4/c1-10-7-12(8-13(18)20-10)21-11-5-6-17(9-11)14(19)16-15(2,3)4/h7-8,11H,5-6,9H2,1-4H3,(H,16,19)/t11-/m1/s1. The molecule has 2 amide bonds. The van der Waals surface area contributed by atoms with Gasteiger partial charge in [0.25, 0.3) is 0 Å². The van der Waals surface area contributed by atoms with Gasteiger partial charge in [-0.25, -0.2) is 9.59 Å². The molecule has 21 heavy (non-hydrogen) atoms. The minimum Gasteiger partial charge on any atom is -0.488 e. The van der Waals surface area contributed by atoms with Gasteiger partial charge < -0.3 is 19.4 Å². The second-order valence-electron chi connectivity index (χ2n) is 6.38. The lowest BCUT2D eigenvalue weighted by molar-refractivity contribution is 0.180. The number of likely N-dealkylation sites (tertiary alicyclic amines) is 1. The molecule has 0 saturated carbocycles. The van der Waals surface area contributed by atoms with Crippen LogP contribution in [0.15, 0.2) is 21.3 Å². The van der Waals surface area contributed by atoms with E-state index < -0.39 is 5.63 Å². The van der Waals surface area contributed by atoms with E-state index in [4.69, 9.17) is 9.15 Å². The molecule has 0 radical (unpaired) electrons. The Morgan fingerprint density at radius 2 is 2.14 bits per heavy atom. The van der Waals surface area contributed by atoms with E-state index in [-0.39, 0.29) is 17.7 Å². The lowest BCUT2D eigenvalue weighted by Gasteiger charge is -2.25. The first kappa shape index (κ1) is 15.4. The summed E-state index contributed by atoms with van der Waals surface area (Å²) in [6, 6.07) is 2.92. The molecule has 0 aliphatic carbocycles. The molecule has 116 valence electrons. The number of hydrogen-bond donors (Lipinski definition) is 1. The number of rotatable bonds is 2. The number of ether oxygens (including phenoxy) is 1. The van der Waals surface area contributed by atoms with Crippen LogP contribution in [-0.4, -0.2) is 35.7 Å². The lowest BCUT2D eigenvalue weighted by Crippen LogP contribution is -2.48. The Morgan fingerprint density at radius 1 is 1.43 bits per heavy atom. The number of hydrogen-bond acceptors (Lipinski definition) is 4. The van der Waals surface area contributed by atoms with Crippen molar-refractivity contribution in [3.63, 3.8) is 0 Å². The predicted molar refractivity (Wildman–Crippen MR) is 78.6 cm³/mol. The van der Waals surface area contributed by atoms with E-state index in [2.05, 4.69) is 5.32 Å². The maximum atomic E-state index is 12.1. The van der Waals surface area contributed by atoms with E-state index in [1.807, 2.05) is 20.8 Å². The fraction of sp³-hybridized carbons (Fsp3) is 0.600. The van der Waals surface area contributed by atoms with Gasteiger partial charge in [-0.05, 0) is 27.7 Å². The average molecular weight is 294 g/mol. The minimum absolute atomic E-state index is 0.0858. The first-order chi connectivity index (χ1) is 9.73. The van der Waals surface area contributed by atoms with Crippen LogP contribution in [0.25, 0.3) is 0 Å². The van der Waals surface area contributed by atoms with Gasteiger partial charge in [0.2, 0.25) is 0 Å². The molecule has 2 heterocycles. The SMILES string of the molecule is Cc1cc(O[C@@H]2CCN(C(=O)NC(C)(C)C)C2)cc(=O)o1. The Balaban J connectivity index is 1.93. The van der Waals surface area contributed by atoms with Crippen LogP contribution in [0.4, 0.5) is 4.79 Å². The molecule has 0 aromatic carbocycles. The third kappa shape index (κ3) is 4.51. The number of nitrogens with one attached hydrogen (secondary N) is 1. The van der Waals surface area contributed by atoms with Crippen LogP contribution in [0.1, 0.15) is 33.0 Å². The molecular formula is C15H22N2O4. The molecule has 0 unspecified atom stereocenters. The molecule has 0 spiro atoms. The highest BCUT2D eigenvalue weighted by molar-refractivity contribution is 5.75. The maximum Gasteiger partial charge on any atom is 0.339 e. The van der Waals surface area contributed by atoms with Crippen molar-refractivity contribution in [3.8, 4) is 5.75 Å². The van der Waals surface area contributed by atoms with E-state index in [0.29, 0.717) is 24.6 Å². The van der Waals surface area contributed by atoms with Gasteiger partial charge in [0.15, 0.2) is 0 Å². The first-order valence-electron chi connectivity index (χ1n) is 7.08. The van der Waals surface area contributed by atoms with Crippen molar-refractivity contribution < 1.29 is 13.9 Å². The zero-order chi connectivity index (χ0) is 15.6. The summed E-state index contributed by atoms with van der Waals surface area (Å²) in [7, 11) is 0. The van der Waals surface area contributed by atoms with Crippen LogP contribution < -0.4 is 15.7 Å². The van der Waals surface area contributed by atoms with Crippen molar-refractivity contribution in [2.75, 3.05) is 13.1 Å². The van der Waals surface area contributed by atoms with Crippen LogP contribution in [0.2, 0.25) is 0 Å². The number of amides is 2. The fourth-order valence-electron chi connectivity index (χ4n) is 2.24. The molecule has 6 nitrogen and oxygen atoms in total. The quantitative estimate of drug-likeness (QED) is 0.904. The van der Waals surface area contributed by atoms with Crippen molar-refractivity contribution in [1.29, 1.82) is 0 Å². The Hall–Kier alpha value is -1.98. The van der Waals surface area contributed by atoms with Crippen molar-refractivity contribution in [2.45, 2.75) is 45.8 Å². The molecule has 1 aromatic heterocycles. The molecular weight excluding hydrogens is 272 g/mol. The average Bonchev–Trinajstić information content (AvgIpc) is 2.73. The summed E-state index contributed by atoms with van der Waals surface area (Å²) in [5.41, 5.74) is -0.684. The molecule has 6 heteroatoms. The number of carbonyl (C=O) groups excluding carboxylic acids is 1. The highest BCUT2D eigenvalue weighted by atomic mass is 16.5. The van der Waals surface area contributed by atoms with Gasteiger partial charge in [-0.1, -0.05) is 0 Å². The Morgan fingerprint density at radius 3 is 2.76 bits per heavy atom. The maximum absolute atomic E-state index is 12.1. The largest absolute Gasteiger partial charge is 0.488 e. The molecule has 1 aliphatic heterocycles. The Kier molecular flexibility index (Phi) is 4.25. The molecule has 1 aliphatic rings. The number of urea groups is 1. The highest BCUT2D eigenvalue weighted by Gasteiger charge is 2.29. The summed E-state index contributed by atoms with van der Waals surface area (Å²) in [6.07, 6.45) is 0.647. The molecule has 1 N–H and O–H groups in total. The van der Waals surface area contributed by atoms with Crippen molar-refractivity contribution in [3.05, 3.63) is 28.3 Å². The summed E-state index contributed by atoms with van der Waals surface area (Å²) in [5, 5.41) is 2.93. The van der Waals surface area contributed by atoms with Gasteiger partial charge >= 0.3 is 11.7 Å². The van der Waals surface area contributed by atoms with E-state index in [0.717, 1.165) is 6.42 Å². The summed E-state index contributed by atoms with van der Waals surface area (Å²) in [6.45, 7) is 8.70. The van der Waals surface area contributed by atoms with Crippen LogP contribution in [0, 0.1) is 6.92 Å². The zero-order valence-corrected chi connectivity index (χ0v) is 12.9. The lowest BCUT2D eigenvalue weighted by atomic mass is 10.1. The Bertz CT molecular complexity index is 574. The normalized spacial score (nSPS) is 18.7. The smallest absolute Gasteiger partial charge is 0.339 e. The van der Waals surface area contributed by atoms with Gasteiger partial charge in [0.05, 0.1) is 12.6 Å². The fourth-order valence-corrected chi connectivity index (χ4v) is 2.24. The molecule has 1 atom stereocenters. The van der Waals surface area contributed by atoms with E-state index in [9.17, 15) is 9.59 Å². The number of carbonyl (C=O) groups is 1. The number of nitrogens with zero attached hydrogens (tertiary/aromatic N) is 1. The molecule has 2 rings (SSSR count). The van der Waals surface area contributed by atoms with Gasteiger partial charge in [0.1, 0.15) is 17.6 Å². The zero-order valence-electron chi connectivity index (χ0n) is 12.9. The highest BCUT2D eigenvalue weighted by Crippen LogP contribution is 2.18. The molecule has 1 saturated heterocycles. The summed E-state index contributed by atoms with van der Waals surface area (Å²) < 4.78 is 10.7. The summed E-state index contributed by atoms with van der Waals surface area (Å²) in [4.78, 5) is 25.1. The van der Waals surface area contributed by atoms with Crippen molar-refractivity contribution in [1.82, 2.24) is 10.2 Å². The van der Waals surface area contributed by atoms with Crippen LogP contribution in [0.5, 0.6) is 5.75 Å². The van der Waals surface area contributed by atoms with Crippen molar-refractivity contribution in [2.24, 2.45) is 0 Å². The first-order valence-corrected chi connectivity index (χ1v) is 7.08. The molecule has 1 aromatic rings.